The van der Waals surface area contributed by atoms with E-state index in [4.69, 9.17) is 5.26 Å². The Morgan fingerprint density at radius 2 is 1.86 bits per heavy atom. The first kappa shape index (κ1) is 13.9. The number of para-hydroxylation sites is 1. The van der Waals surface area contributed by atoms with Crippen molar-refractivity contribution in [1.29, 1.82) is 5.26 Å². The third kappa shape index (κ3) is 2.99. The summed E-state index contributed by atoms with van der Waals surface area (Å²) < 4.78 is 1.89. The molecule has 0 spiro atoms. The molecule has 0 unspecified atom stereocenters. The zero-order valence-corrected chi connectivity index (χ0v) is 12.3. The summed E-state index contributed by atoms with van der Waals surface area (Å²) in [5.41, 5.74) is 4.88. The van der Waals surface area contributed by atoms with Crippen molar-refractivity contribution in [3.05, 3.63) is 77.6 Å². The van der Waals surface area contributed by atoms with Crippen LogP contribution in [0.25, 0.3) is 5.69 Å². The number of nitrogens with zero attached hydrogens (tertiary/aromatic N) is 3. The molecule has 0 atom stereocenters. The van der Waals surface area contributed by atoms with Gasteiger partial charge in [0.15, 0.2) is 0 Å². The molecule has 108 valence electrons. The van der Waals surface area contributed by atoms with E-state index in [0.29, 0.717) is 12.1 Å². The average Bonchev–Trinajstić information content (AvgIpc) is 3.00. The molecule has 3 aromatic rings. The summed E-state index contributed by atoms with van der Waals surface area (Å²) in [6, 6.07) is 19.7. The lowest BCUT2D eigenvalue weighted by molar-refractivity contribution is 0.848. The lowest BCUT2D eigenvalue weighted by Crippen LogP contribution is -2.05. The molecule has 3 rings (SSSR count). The van der Waals surface area contributed by atoms with E-state index >= 15 is 0 Å². The molecule has 0 saturated heterocycles. The molecule has 0 fully saturated rings. The summed E-state index contributed by atoms with van der Waals surface area (Å²) in [4.78, 5) is 0. The fraction of sp³-hybridized carbons (Fsp3) is 0.111. The number of nitrogens with one attached hydrogen (secondary N) is 1. The minimum absolute atomic E-state index is 0.665. The molecule has 22 heavy (non-hydrogen) atoms. The maximum absolute atomic E-state index is 8.82. The molecule has 1 aromatic heterocycles. The largest absolute Gasteiger partial charge is 0.381 e. The Morgan fingerprint density at radius 1 is 1.09 bits per heavy atom. The van der Waals surface area contributed by atoms with Gasteiger partial charge < -0.3 is 5.32 Å². The van der Waals surface area contributed by atoms with Gasteiger partial charge in [0.25, 0.3) is 0 Å². The van der Waals surface area contributed by atoms with Crippen LogP contribution in [0.3, 0.4) is 0 Å². The normalized spacial score (nSPS) is 10.2. The summed E-state index contributed by atoms with van der Waals surface area (Å²) in [7, 11) is 0. The number of nitriles is 1. The van der Waals surface area contributed by atoms with E-state index < -0.39 is 0 Å². The lowest BCUT2D eigenvalue weighted by atomic mass is 10.1. The summed E-state index contributed by atoms with van der Waals surface area (Å²) in [6.45, 7) is 2.68. The molecule has 0 amide bonds. The van der Waals surface area contributed by atoms with Gasteiger partial charge in [-0.25, -0.2) is 4.68 Å². The predicted octanol–water partition coefficient (Wildman–Crippen LogP) is 3.66. The van der Waals surface area contributed by atoms with Crippen molar-refractivity contribution in [1.82, 2.24) is 9.78 Å². The SMILES string of the molecule is Cc1ccn(-c2ccccc2CNc2ccc(C#N)cc2)n1. The first-order valence-electron chi connectivity index (χ1n) is 7.11. The maximum atomic E-state index is 8.82. The number of aryl methyl sites for hydroxylation is 1. The van der Waals surface area contributed by atoms with E-state index in [1.54, 1.807) is 0 Å². The van der Waals surface area contributed by atoms with Crippen LogP contribution in [0, 0.1) is 18.3 Å². The van der Waals surface area contributed by atoms with E-state index in [1.807, 2.05) is 60.3 Å². The fourth-order valence-corrected chi connectivity index (χ4v) is 2.29. The number of benzene rings is 2. The number of hydrogen-bond donors (Lipinski definition) is 1. The van der Waals surface area contributed by atoms with Gasteiger partial charge in [0.1, 0.15) is 0 Å². The molecule has 0 aliphatic rings. The topological polar surface area (TPSA) is 53.6 Å². The molecule has 0 aliphatic carbocycles. The van der Waals surface area contributed by atoms with E-state index in [1.165, 1.54) is 0 Å². The molecule has 2 aromatic carbocycles. The smallest absolute Gasteiger partial charge is 0.0991 e. The molecule has 4 heteroatoms. The van der Waals surface area contributed by atoms with Crippen LogP contribution in [-0.2, 0) is 6.54 Å². The third-order valence-corrected chi connectivity index (χ3v) is 3.46. The van der Waals surface area contributed by atoms with Crippen LogP contribution in [0.4, 0.5) is 5.69 Å². The highest BCUT2D eigenvalue weighted by atomic mass is 15.3. The standard InChI is InChI=1S/C18H16N4/c1-14-10-11-22(21-14)18-5-3-2-4-16(18)13-20-17-8-6-15(12-19)7-9-17/h2-11,20H,13H2,1H3. The molecule has 0 bridgehead atoms. The van der Waals surface area contributed by atoms with E-state index in [0.717, 1.165) is 22.6 Å². The van der Waals surface area contributed by atoms with E-state index in [9.17, 15) is 0 Å². The second-order valence-electron chi connectivity index (χ2n) is 5.07. The summed E-state index contributed by atoms with van der Waals surface area (Å²) in [6.07, 6.45) is 1.97. The van der Waals surface area contributed by atoms with Crippen LogP contribution < -0.4 is 5.32 Å². The molecule has 0 radical (unpaired) electrons. The Morgan fingerprint density at radius 3 is 2.55 bits per heavy atom. The first-order chi connectivity index (χ1) is 10.8. The van der Waals surface area contributed by atoms with E-state index in [-0.39, 0.29) is 0 Å². The van der Waals surface area contributed by atoms with Crippen LogP contribution in [0.5, 0.6) is 0 Å². The van der Waals surface area contributed by atoms with Crippen molar-refractivity contribution >= 4 is 5.69 Å². The van der Waals surface area contributed by atoms with Crippen LogP contribution >= 0.6 is 0 Å². The van der Waals surface area contributed by atoms with Crippen molar-refractivity contribution in [3.63, 3.8) is 0 Å². The number of rotatable bonds is 4. The van der Waals surface area contributed by atoms with Crippen LogP contribution in [0.2, 0.25) is 0 Å². The van der Waals surface area contributed by atoms with Crippen LogP contribution in [-0.4, -0.2) is 9.78 Å². The number of hydrogen-bond acceptors (Lipinski definition) is 3. The lowest BCUT2D eigenvalue weighted by Gasteiger charge is -2.11. The third-order valence-electron chi connectivity index (χ3n) is 3.46. The summed E-state index contributed by atoms with van der Waals surface area (Å²) >= 11 is 0. The Balaban J connectivity index is 1.79. The first-order valence-corrected chi connectivity index (χ1v) is 7.11. The minimum atomic E-state index is 0.665. The monoisotopic (exact) mass is 288 g/mol. The molecule has 4 nitrogen and oxygen atoms in total. The van der Waals surface area contributed by atoms with Crippen molar-refractivity contribution in [2.45, 2.75) is 13.5 Å². The van der Waals surface area contributed by atoms with Crippen molar-refractivity contribution in [2.24, 2.45) is 0 Å². The van der Waals surface area contributed by atoms with Crippen molar-refractivity contribution < 1.29 is 0 Å². The van der Waals surface area contributed by atoms with Gasteiger partial charge >= 0.3 is 0 Å². The van der Waals surface area contributed by atoms with Gasteiger partial charge in [-0.2, -0.15) is 10.4 Å². The quantitative estimate of drug-likeness (QED) is 0.797. The fourth-order valence-electron chi connectivity index (χ4n) is 2.29. The van der Waals surface area contributed by atoms with Gasteiger partial charge in [-0.15, -0.1) is 0 Å². The average molecular weight is 288 g/mol. The predicted molar refractivity (Wildman–Crippen MR) is 86.8 cm³/mol. The van der Waals surface area contributed by atoms with Gasteiger partial charge in [0.05, 0.1) is 23.0 Å². The van der Waals surface area contributed by atoms with Crippen LogP contribution in [0.1, 0.15) is 16.8 Å². The molecular formula is C18H16N4. The molecule has 1 heterocycles. The zero-order valence-electron chi connectivity index (χ0n) is 12.3. The van der Waals surface area contributed by atoms with Crippen molar-refractivity contribution in [2.75, 3.05) is 5.32 Å². The number of aromatic nitrogens is 2. The number of anilines is 1. The molecular weight excluding hydrogens is 272 g/mol. The second-order valence-corrected chi connectivity index (χ2v) is 5.07. The Labute approximate surface area is 129 Å². The Hall–Kier alpha value is -3.06. The zero-order chi connectivity index (χ0) is 15.4. The Bertz CT molecular complexity index is 810. The van der Waals surface area contributed by atoms with E-state index in [2.05, 4.69) is 28.6 Å². The van der Waals surface area contributed by atoms with Gasteiger partial charge in [-0.3, -0.25) is 0 Å². The van der Waals surface area contributed by atoms with Gasteiger partial charge in [-0.1, -0.05) is 18.2 Å². The molecule has 0 aliphatic heterocycles. The van der Waals surface area contributed by atoms with Crippen LogP contribution in [0.15, 0.2) is 60.8 Å². The molecule has 1 N–H and O–H groups in total. The van der Waals surface area contributed by atoms with Gasteiger partial charge in [-0.05, 0) is 48.9 Å². The Kier molecular flexibility index (Phi) is 3.88. The summed E-state index contributed by atoms with van der Waals surface area (Å²) in [5, 5.41) is 16.7. The highest BCUT2D eigenvalue weighted by Gasteiger charge is 2.05. The highest BCUT2D eigenvalue weighted by molar-refractivity contribution is 5.49. The van der Waals surface area contributed by atoms with Gasteiger partial charge in [0.2, 0.25) is 0 Å². The highest BCUT2D eigenvalue weighted by Crippen LogP contribution is 2.17. The maximum Gasteiger partial charge on any atom is 0.0991 e. The summed E-state index contributed by atoms with van der Waals surface area (Å²) in [5.74, 6) is 0. The van der Waals surface area contributed by atoms with Crippen molar-refractivity contribution in [3.8, 4) is 11.8 Å². The van der Waals surface area contributed by atoms with Gasteiger partial charge in [0, 0.05) is 18.4 Å². The second kappa shape index (κ2) is 6.15. The molecule has 0 saturated carbocycles. The minimum Gasteiger partial charge on any atom is -0.381 e.